The molecule has 1 aliphatic heterocycles. The van der Waals surface area contributed by atoms with Gasteiger partial charge in [-0.15, -0.1) is 0 Å². The molecule has 1 saturated heterocycles. The van der Waals surface area contributed by atoms with E-state index >= 15 is 0 Å². The highest BCUT2D eigenvalue weighted by Crippen LogP contribution is 2.30. The van der Waals surface area contributed by atoms with E-state index in [-0.39, 0.29) is 18.0 Å². The number of hydrogen-bond donors (Lipinski definition) is 1. The van der Waals surface area contributed by atoms with Gasteiger partial charge in [-0.2, -0.15) is 5.10 Å². The number of carbonyl (C=O) groups excluding carboxylic acids is 1. The van der Waals surface area contributed by atoms with Gasteiger partial charge in [-0.25, -0.2) is 4.98 Å². The molecular formula is C19H30N6O. The lowest BCUT2D eigenvalue weighted by Gasteiger charge is -2.39. The molecule has 0 bridgehead atoms. The highest BCUT2D eigenvalue weighted by atomic mass is 16.2. The van der Waals surface area contributed by atoms with E-state index in [0.717, 1.165) is 37.3 Å². The molecule has 3 heterocycles. The number of aromatic nitrogens is 4. The zero-order valence-corrected chi connectivity index (χ0v) is 16.5. The number of hydrogen-bond acceptors (Lipinski definition) is 4. The first kappa shape index (κ1) is 18.6. The number of nitrogens with zero attached hydrogens (tertiary/aromatic N) is 5. The van der Waals surface area contributed by atoms with E-state index in [2.05, 4.69) is 29.2 Å². The van der Waals surface area contributed by atoms with Gasteiger partial charge in [0.25, 0.3) is 0 Å². The summed E-state index contributed by atoms with van der Waals surface area (Å²) in [6.07, 6.45) is 7.02. The maximum absolute atomic E-state index is 12.3. The van der Waals surface area contributed by atoms with Gasteiger partial charge < -0.3 is 14.8 Å². The van der Waals surface area contributed by atoms with Gasteiger partial charge in [0.05, 0.1) is 5.69 Å². The van der Waals surface area contributed by atoms with Crippen LogP contribution in [-0.2, 0) is 38.3 Å². The second-order valence-electron chi connectivity index (χ2n) is 7.07. The van der Waals surface area contributed by atoms with E-state index in [0.29, 0.717) is 6.42 Å². The molecule has 0 saturated carbocycles. The number of nitrogens with one attached hydrogen (secondary N) is 1. The molecule has 7 nitrogen and oxygen atoms in total. The van der Waals surface area contributed by atoms with Crippen LogP contribution >= 0.6 is 0 Å². The summed E-state index contributed by atoms with van der Waals surface area (Å²) >= 11 is 0. The fourth-order valence-corrected chi connectivity index (χ4v) is 4.09. The van der Waals surface area contributed by atoms with Gasteiger partial charge in [-0.1, -0.05) is 13.8 Å². The lowest BCUT2D eigenvalue weighted by atomic mass is 9.94. The third-order valence-electron chi connectivity index (χ3n) is 5.55. The highest BCUT2D eigenvalue weighted by molar-refractivity contribution is 5.77. The average molecular weight is 358 g/mol. The summed E-state index contributed by atoms with van der Waals surface area (Å²) in [5.74, 6) is 1.11. The van der Waals surface area contributed by atoms with Crippen molar-refractivity contribution in [2.75, 3.05) is 7.05 Å². The Morgan fingerprint density at radius 1 is 1.23 bits per heavy atom. The third-order valence-corrected chi connectivity index (χ3v) is 5.55. The molecule has 26 heavy (non-hydrogen) atoms. The van der Waals surface area contributed by atoms with Gasteiger partial charge in [-0.3, -0.25) is 9.48 Å². The number of likely N-dealkylation sites (tertiary alicyclic amines) is 1. The highest BCUT2D eigenvalue weighted by Gasteiger charge is 2.36. The Hall–Kier alpha value is -2.15. The molecule has 7 heteroatoms. The van der Waals surface area contributed by atoms with Crippen LogP contribution in [0.25, 0.3) is 0 Å². The Morgan fingerprint density at radius 3 is 2.62 bits per heavy atom. The van der Waals surface area contributed by atoms with Crippen molar-refractivity contribution in [2.45, 2.75) is 58.2 Å². The van der Waals surface area contributed by atoms with Crippen molar-refractivity contribution in [3.8, 4) is 0 Å². The van der Waals surface area contributed by atoms with Gasteiger partial charge in [-0.05, 0) is 19.3 Å². The van der Waals surface area contributed by atoms with Crippen molar-refractivity contribution in [1.82, 2.24) is 29.5 Å². The molecule has 142 valence electrons. The van der Waals surface area contributed by atoms with Crippen LogP contribution in [0.4, 0.5) is 0 Å². The Labute approximate surface area is 155 Å². The normalized spacial score (nSPS) is 20.8. The van der Waals surface area contributed by atoms with Crippen molar-refractivity contribution in [3.05, 3.63) is 35.2 Å². The minimum absolute atomic E-state index is 0.0527. The average Bonchev–Trinajstić information content (AvgIpc) is 3.18. The van der Waals surface area contributed by atoms with Crippen molar-refractivity contribution in [3.63, 3.8) is 0 Å². The van der Waals surface area contributed by atoms with Gasteiger partial charge >= 0.3 is 0 Å². The van der Waals surface area contributed by atoms with Gasteiger partial charge in [0.2, 0.25) is 5.91 Å². The molecule has 0 aromatic carbocycles. The van der Waals surface area contributed by atoms with Gasteiger partial charge in [0, 0.05) is 63.8 Å². The first-order valence-corrected chi connectivity index (χ1v) is 9.47. The number of carbonyl (C=O) groups is 1. The number of piperidine rings is 1. The van der Waals surface area contributed by atoms with Crippen LogP contribution in [0.2, 0.25) is 0 Å². The number of imidazole rings is 1. The van der Waals surface area contributed by atoms with Gasteiger partial charge in [0.1, 0.15) is 11.9 Å². The number of rotatable bonds is 6. The molecule has 0 unspecified atom stereocenters. The Morgan fingerprint density at radius 2 is 2.00 bits per heavy atom. The second kappa shape index (κ2) is 7.61. The second-order valence-corrected chi connectivity index (χ2v) is 7.07. The standard InChI is InChI=1S/C19H30N6O/c1-6-14-13(16(7-2)25(5)22-14)12-21-15-8-9-17(26)24(4)18(15)19-20-10-11-23(19)3/h10-11,15,18,21H,6-9,12H2,1-5H3/t15-,18-/m1/s1. The van der Waals surface area contributed by atoms with Crippen molar-refractivity contribution >= 4 is 5.91 Å². The van der Waals surface area contributed by atoms with Crippen LogP contribution in [-0.4, -0.2) is 43.2 Å². The Bertz CT molecular complexity index is 777. The van der Waals surface area contributed by atoms with Crippen LogP contribution in [0.15, 0.2) is 12.4 Å². The lowest BCUT2D eigenvalue weighted by Crippen LogP contribution is -2.49. The van der Waals surface area contributed by atoms with Crippen LogP contribution in [0.3, 0.4) is 0 Å². The van der Waals surface area contributed by atoms with Gasteiger partial charge in [0.15, 0.2) is 0 Å². The molecule has 0 radical (unpaired) electrons. The summed E-state index contributed by atoms with van der Waals surface area (Å²) in [6, 6.07) is 0.122. The van der Waals surface area contributed by atoms with Crippen molar-refractivity contribution < 1.29 is 4.79 Å². The topological polar surface area (TPSA) is 68.0 Å². The zero-order valence-electron chi connectivity index (χ0n) is 16.5. The Kier molecular flexibility index (Phi) is 5.46. The fourth-order valence-electron chi connectivity index (χ4n) is 4.09. The fraction of sp³-hybridized carbons (Fsp3) is 0.632. The predicted molar refractivity (Wildman–Crippen MR) is 101 cm³/mol. The molecular weight excluding hydrogens is 328 g/mol. The summed E-state index contributed by atoms with van der Waals surface area (Å²) in [5.41, 5.74) is 3.74. The molecule has 1 aliphatic rings. The first-order valence-electron chi connectivity index (χ1n) is 9.47. The van der Waals surface area contributed by atoms with E-state index in [9.17, 15) is 4.79 Å². The van der Waals surface area contributed by atoms with Crippen LogP contribution in [0.5, 0.6) is 0 Å². The largest absolute Gasteiger partial charge is 0.336 e. The van der Waals surface area contributed by atoms with E-state index in [1.54, 1.807) is 6.20 Å². The third kappa shape index (κ3) is 3.28. The maximum atomic E-state index is 12.3. The minimum atomic E-state index is -0.0527. The van der Waals surface area contributed by atoms with Crippen LogP contribution in [0, 0.1) is 0 Å². The molecule has 0 aliphatic carbocycles. The zero-order chi connectivity index (χ0) is 18.8. The molecule has 2 aromatic heterocycles. The molecule has 2 atom stereocenters. The monoisotopic (exact) mass is 358 g/mol. The molecule has 1 N–H and O–H groups in total. The van der Waals surface area contributed by atoms with Crippen LogP contribution in [0.1, 0.15) is 55.5 Å². The van der Waals surface area contributed by atoms with Crippen LogP contribution < -0.4 is 5.32 Å². The number of amides is 1. The smallest absolute Gasteiger partial charge is 0.223 e. The van der Waals surface area contributed by atoms with Crippen molar-refractivity contribution in [2.24, 2.45) is 14.1 Å². The minimum Gasteiger partial charge on any atom is -0.336 e. The van der Waals surface area contributed by atoms with E-state index in [4.69, 9.17) is 0 Å². The van der Waals surface area contributed by atoms with E-state index < -0.39 is 0 Å². The molecule has 1 amide bonds. The van der Waals surface area contributed by atoms with Crippen molar-refractivity contribution in [1.29, 1.82) is 0 Å². The first-order chi connectivity index (χ1) is 12.5. The number of likely N-dealkylation sites (N-methyl/N-ethyl adjacent to an activating group) is 1. The van der Waals surface area contributed by atoms with E-state index in [1.165, 1.54) is 11.3 Å². The summed E-state index contributed by atoms with van der Waals surface area (Å²) in [6.45, 7) is 5.09. The summed E-state index contributed by atoms with van der Waals surface area (Å²) < 4.78 is 4.01. The quantitative estimate of drug-likeness (QED) is 0.854. The molecule has 3 rings (SSSR count). The predicted octanol–water partition coefficient (Wildman–Crippen LogP) is 1.73. The molecule has 1 fully saturated rings. The molecule has 2 aromatic rings. The Balaban J connectivity index is 1.84. The molecule has 0 spiro atoms. The number of aryl methyl sites for hydroxylation is 3. The summed E-state index contributed by atoms with van der Waals surface area (Å²) in [7, 11) is 5.89. The summed E-state index contributed by atoms with van der Waals surface area (Å²) in [5, 5.41) is 8.39. The maximum Gasteiger partial charge on any atom is 0.223 e. The summed E-state index contributed by atoms with van der Waals surface area (Å²) in [4.78, 5) is 18.6. The lowest BCUT2D eigenvalue weighted by molar-refractivity contribution is -0.136. The van der Waals surface area contributed by atoms with E-state index in [1.807, 2.05) is 41.5 Å². The SMILES string of the molecule is CCc1nn(C)c(CC)c1CN[C@@H]1CCC(=O)N(C)[C@H]1c1nccn1C.